The van der Waals surface area contributed by atoms with Crippen LogP contribution in [0.25, 0.3) is 0 Å². The Kier molecular flexibility index (Phi) is 4.83. The zero-order valence-corrected chi connectivity index (χ0v) is 10.7. The van der Waals surface area contributed by atoms with Crippen molar-refractivity contribution >= 4 is 5.78 Å². The van der Waals surface area contributed by atoms with Crippen LogP contribution in [-0.4, -0.2) is 5.78 Å². The zero-order chi connectivity index (χ0) is 11.4. The zero-order valence-electron chi connectivity index (χ0n) is 10.7. The Morgan fingerprint density at radius 1 is 1.07 bits per heavy atom. The van der Waals surface area contributed by atoms with Gasteiger partial charge in [0.2, 0.25) is 0 Å². The molecule has 0 atom stereocenters. The second kappa shape index (κ2) is 4.95. The molecule has 0 rings (SSSR count). The van der Waals surface area contributed by atoms with Crippen LogP contribution >= 0.6 is 0 Å². The third-order valence-corrected chi connectivity index (χ3v) is 2.48. The monoisotopic (exact) mass is 198 g/mol. The van der Waals surface area contributed by atoms with Crippen molar-refractivity contribution in [3.63, 3.8) is 0 Å². The number of unbranched alkanes of at least 4 members (excludes halogenated alkanes) is 1. The Labute approximate surface area is 89.3 Å². The summed E-state index contributed by atoms with van der Waals surface area (Å²) in [5, 5.41) is 0. The maximum atomic E-state index is 11.9. The fourth-order valence-electron chi connectivity index (χ4n) is 2.10. The predicted octanol–water partition coefficient (Wildman–Crippen LogP) is 4.21. The van der Waals surface area contributed by atoms with Crippen LogP contribution in [0.1, 0.15) is 67.2 Å². The molecular formula is C13H26O. The molecule has 0 fully saturated rings. The van der Waals surface area contributed by atoms with E-state index in [2.05, 4.69) is 41.5 Å². The van der Waals surface area contributed by atoms with Gasteiger partial charge in [-0.05, 0) is 18.3 Å². The fourth-order valence-corrected chi connectivity index (χ4v) is 2.10. The summed E-state index contributed by atoms with van der Waals surface area (Å²) in [5.74, 6) is 0.425. The highest BCUT2D eigenvalue weighted by Crippen LogP contribution is 2.34. The quantitative estimate of drug-likeness (QED) is 0.647. The SMILES string of the molecule is CCCCC(=O)C(C)(C)CC(C)(C)C. The molecule has 1 nitrogen and oxygen atoms in total. The van der Waals surface area contributed by atoms with Gasteiger partial charge in [-0.25, -0.2) is 0 Å². The highest BCUT2D eigenvalue weighted by molar-refractivity contribution is 5.84. The highest BCUT2D eigenvalue weighted by atomic mass is 16.1. The second-order valence-corrected chi connectivity index (χ2v) is 6.15. The molecule has 0 spiro atoms. The van der Waals surface area contributed by atoms with Crippen molar-refractivity contribution in [2.75, 3.05) is 0 Å². The van der Waals surface area contributed by atoms with Crippen molar-refractivity contribution in [2.45, 2.75) is 67.2 Å². The first-order valence-corrected chi connectivity index (χ1v) is 5.72. The number of carbonyl (C=O) groups is 1. The number of Topliss-reactive ketones (excluding diaryl/α,β-unsaturated/α-hetero) is 1. The number of rotatable bonds is 5. The summed E-state index contributed by atoms with van der Waals surface area (Å²) in [7, 11) is 0. The maximum Gasteiger partial charge on any atom is 0.138 e. The van der Waals surface area contributed by atoms with Gasteiger partial charge in [0.25, 0.3) is 0 Å². The van der Waals surface area contributed by atoms with Gasteiger partial charge in [-0.1, -0.05) is 48.0 Å². The van der Waals surface area contributed by atoms with Crippen LogP contribution in [0, 0.1) is 10.8 Å². The minimum Gasteiger partial charge on any atom is -0.299 e. The molecule has 0 heterocycles. The Balaban J connectivity index is 4.23. The fraction of sp³-hybridized carbons (Fsp3) is 0.923. The van der Waals surface area contributed by atoms with E-state index in [-0.39, 0.29) is 10.8 Å². The standard InChI is InChI=1S/C13H26O/c1-7-8-9-11(14)13(5,6)10-12(2,3)4/h7-10H2,1-6H3. The van der Waals surface area contributed by atoms with Gasteiger partial charge in [-0.2, -0.15) is 0 Å². The molecule has 0 radical (unpaired) electrons. The van der Waals surface area contributed by atoms with E-state index >= 15 is 0 Å². The Hall–Kier alpha value is -0.330. The molecule has 0 aliphatic rings. The minimum atomic E-state index is -0.145. The largest absolute Gasteiger partial charge is 0.299 e. The number of hydrogen-bond donors (Lipinski definition) is 0. The third kappa shape index (κ3) is 5.41. The summed E-state index contributed by atoms with van der Waals surface area (Å²) >= 11 is 0. The summed E-state index contributed by atoms with van der Waals surface area (Å²) in [6.07, 6.45) is 3.87. The van der Waals surface area contributed by atoms with Gasteiger partial charge >= 0.3 is 0 Å². The van der Waals surface area contributed by atoms with Gasteiger partial charge in [0.05, 0.1) is 0 Å². The third-order valence-electron chi connectivity index (χ3n) is 2.48. The molecule has 0 aromatic heterocycles. The Morgan fingerprint density at radius 2 is 1.57 bits per heavy atom. The molecule has 0 aliphatic carbocycles. The van der Waals surface area contributed by atoms with Crippen LogP contribution in [0.15, 0.2) is 0 Å². The van der Waals surface area contributed by atoms with Crippen molar-refractivity contribution in [3.05, 3.63) is 0 Å². The van der Waals surface area contributed by atoms with Crippen molar-refractivity contribution in [3.8, 4) is 0 Å². The molecule has 84 valence electrons. The first-order valence-electron chi connectivity index (χ1n) is 5.72. The first-order chi connectivity index (χ1) is 6.19. The lowest BCUT2D eigenvalue weighted by Crippen LogP contribution is -2.29. The van der Waals surface area contributed by atoms with E-state index in [1.807, 2.05) is 0 Å². The van der Waals surface area contributed by atoms with Crippen molar-refractivity contribution in [2.24, 2.45) is 10.8 Å². The molecule has 0 unspecified atom stereocenters. The molecule has 0 bridgehead atoms. The van der Waals surface area contributed by atoms with Crippen LogP contribution in [0.2, 0.25) is 0 Å². The molecule has 0 aromatic carbocycles. The molecule has 0 saturated heterocycles. The van der Waals surface area contributed by atoms with Crippen molar-refractivity contribution < 1.29 is 4.79 Å². The van der Waals surface area contributed by atoms with Gasteiger partial charge in [0.1, 0.15) is 5.78 Å². The number of hydrogen-bond acceptors (Lipinski definition) is 1. The van der Waals surface area contributed by atoms with Crippen molar-refractivity contribution in [1.29, 1.82) is 0 Å². The molecule has 14 heavy (non-hydrogen) atoms. The molecule has 0 amide bonds. The van der Waals surface area contributed by atoms with Gasteiger partial charge in [-0.3, -0.25) is 4.79 Å². The lowest BCUT2D eigenvalue weighted by atomic mass is 9.73. The summed E-state index contributed by atoms with van der Waals surface area (Å²) < 4.78 is 0. The van der Waals surface area contributed by atoms with Gasteiger partial charge in [-0.15, -0.1) is 0 Å². The lowest BCUT2D eigenvalue weighted by Gasteiger charge is -2.31. The van der Waals surface area contributed by atoms with Crippen LogP contribution in [0.4, 0.5) is 0 Å². The van der Waals surface area contributed by atoms with E-state index in [1.165, 1.54) is 0 Å². The minimum absolute atomic E-state index is 0.145. The van der Waals surface area contributed by atoms with E-state index in [9.17, 15) is 4.79 Å². The van der Waals surface area contributed by atoms with Crippen molar-refractivity contribution in [1.82, 2.24) is 0 Å². The van der Waals surface area contributed by atoms with E-state index in [0.29, 0.717) is 5.78 Å². The van der Waals surface area contributed by atoms with Crippen LogP contribution in [0.3, 0.4) is 0 Å². The highest BCUT2D eigenvalue weighted by Gasteiger charge is 2.31. The summed E-state index contributed by atoms with van der Waals surface area (Å²) in [6, 6.07) is 0. The maximum absolute atomic E-state index is 11.9. The van der Waals surface area contributed by atoms with Gasteiger partial charge in [0.15, 0.2) is 0 Å². The summed E-state index contributed by atoms with van der Waals surface area (Å²) in [4.78, 5) is 11.9. The van der Waals surface area contributed by atoms with E-state index in [4.69, 9.17) is 0 Å². The van der Waals surface area contributed by atoms with E-state index in [0.717, 1.165) is 25.7 Å². The van der Waals surface area contributed by atoms with Crippen LogP contribution in [0.5, 0.6) is 0 Å². The average molecular weight is 198 g/mol. The molecule has 1 heteroatoms. The molecule has 0 N–H and O–H groups in total. The van der Waals surface area contributed by atoms with E-state index < -0.39 is 0 Å². The summed E-state index contributed by atoms with van der Waals surface area (Å²) in [5.41, 5.74) is 0.0960. The topological polar surface area (TPSA) is 17.1 Å². The van der Waals surface area contributed by atoms with Gasteiger partial charge < -0.3 is 0 Å². The van der Waals surface area contributed by atoms with Crippen LogP contribution in [-0.2, 0) is 4.79 Å². The Bertz CT molecular complexity index is 184. The first kappa shape index (κ1) is 13.7. The van der Waals surface area contributed by atoms with Crippen LogP contribution < -0.4 is 0 Å². The second-order valence-electron chi connectivity index (χ2n) is 6.15. The average Bonchev–Trinajstić information content (AvgIpc) is 1.95. The normalized spacial score (nSPS) is 13.0. The predicted molar refractivity (Wildman–Crippen MR) is 62.4 cm³/mol. The number of ketones is 1. The van der Waals surface area contributed by atoms with E-state index in [1.54, 1.807) is 0 Å². The van der Waals surface area contributed by atoms with Gasteiger partial charge in [0, 0.05) is 11.8 Å². The smallest absolute Gasteiger partial charge is 0.138 e. The number of carbonyl (C=O) groups excluding carboxylic acids is 1. The summed E-state index contributed by atoms with van der Waals surface area (Å²) in [6.45, 7) is 12.9. The molecular weight excluding hydrogens is 172 g/mol. The Morgan fingerprint density at radius 3 is 1.93 bits per heavy atom. The molecule has 0 aromatic rings. The lowest BCUT2D eigenvalue weighted by molar-refractivity contribution is -0.128. The molecule has 0 saturated carbocycles. The molecule has 0 aliphatic heterocycles.